The lowest BCUT2D eigenvalue weighted by Gasteiger charge is -2.24. The Morgan fingerprint density at radius 3 is 2.39 bits per heavy atom. The molecule has 1 rings (SSSR count). The van der Waals surface area contributed by atoms with Gasteiger partial charge in [-0.2, -0.15) is 0 Å². The Bertz CT molecular complexity index is 427. The van der Waals surface area contributed by atoms with Crippen molar-refractivity contribution in [3.05, 3.63) is 23.8 Å². The second-order valence-electron chi connectivity index (χ2n) is 5.25. The van der Waals surface area contributed by atoms with Crippen molar-refractivity contribution in [2.24, 2.45) is 5.92 Å². The van der Waals surface area contributed by atoms with Crippen molar-refractivity contribution in [2.75, 3.05) is 38.3 Å². The van der Waals surface area contributed by atoms with Crippen molar-refractivity contribution in [3.63, 3.8) is 0 Å². The molecule has 0 aromatic heterocycles. The molecule has 1 aromatic rings. The van der Waals surface area contributed by atoms with E-state index in [9.17, 15) is 4.79 Å². The molecule has 0 radical (unpaired) electrons. The summed E-state index contributed by atoms with van der Waals surface area (Å²) in [6.07, 6.45) is 0. The first-order valence-corrected chi connectivity index (χ1v) is 6.15. The zero-order valence-electron chi connectivity index (χ0n) is 11.9. The van der Waals surface area contributed by atoms with E-state index in [1.165, 1.54) is 0 Å². The van der Waals surface area contributed by atoms with E-state index in [-0.39, 0.29) is 5.91 Å². The highest BCUT2D eigenvalue weighted by atomic mass is 16.2. The Kier molecular flexibility index (Phi) is 4.59. The minimum atomic E-state index is -0.00537. The Hall–Kier alpha value is -1.71. The number of hydrogen-bond acceptors (Lipinski definition) is 3. The first-order valence-electron chi connectivity index (χ1n) is 6.15. The van der Waals surface area contributed by atoms with E-state index in [1.807, 2.05) is 13.1 Å². The molecule has 1 aromatic carbocycles. The molecule has 0 saturated carbocycles. The molecule has 0 unspecified atom stereocenters. The third kappa shape index (κ3) is 3.39. The Balaban J connectivity index is 3.05. The molecule has 2 N–H and O–H groups in total. The molecule has 18 heavy (non-hydrogen) atoms. The van der Waals surface area contributed by atoms with Crippen LogP contribution in [-0.4, -0.2) is 38.5 Å². The predicted molar refractivity (Wildman–Crippen MR) is 77.0 cm³/mol. The first-order chi connectivity index (χ1) is 8.32. The van der Waals surface area contributed by atoms with Gasteiger partial charge in [0.1, 0.15) is 0 Å². The summed E-state index contributed by atoms with van der Waals surface area (Å²) in [5, 5.41) is 0. The fourth-order valence-corrected chi connectivity index (χ4v) is 1.91. The second-order valence-corrected chi connectivity index (χ2v) is 5.25. The summed E-state index contributed by atoms with van der Waals surface area (Å²) in [7, 11) is 5.49. The van der Waals surface area contributed by atoms with Gasteiger partial charge in [-0.3, -0.25) is 4.79 Å². The first kappa shape index (κ1) is 14.4. The Labute approximate surface area is 109 Å². The number of carbonyl (C=O) groups excluding carboxylic acids is 1. The number of hydrogen-bond donors (Lipinski definition) is 1. The third-order valence-corrected chi connectivity index (χ3v) is 2.73. The summed E-state index contributed by atoms with van der Waals surface area (Å²) in [6.45, 7) is 5.22. The van der Waals surface area contributed by atoms with Gasteiger partial charge in [0.05, 0.1) is 11.4 Å². The number of nitrogens with two attached hydrogens (primary N) is 1. The van der Waals surface area contributed by atoms with Crippen LogP contribution in [0.15, 0.2) is 18.2 Å². The van der Waals surface area contributed by atoms with Gasteiger partial charge in [-0.15, -0.1) is 0 Å². The average Bonchev–Trinajstić information content (AvgIpc) is 2.27. The lowest BCUT2D eigenvalue weighted by molar-refractivity contribution is 0.0827. The third-order valence-electron chi connectivity index (χ3n) is 2.73. The van der Waals surface area contributed by atoms with E-state index in [4.69, 9.17) is 5.73 Å². The normalized spacial score (nSPS) is 10.6. The van der Waals surface area contributed by atoms with Gasteiger partial charge in [0, 0.05) is 33.3 Å². The summed E-state index contributed by atoms with van der Waals surface area (Å²) in [6, 6.07) is 5.42. The molecule has 100 valence electrons. The van der Waals surface area contributed by atoms with Crippen molar-refractivity contribution >= 4 is 17.3 Å². The summed E-state index contributed by atoms with van der Waals surface area (Å²) < 4.78 is 0. The molecule has 0 aliphatic carbocycles. The van der Waals surface area contributed by atoms with Crippen molar-refractivity contribution in [1.82, 2.24) is 4.90 Å². The van der Waals surface area contributed by atoms with Crippen LogP contribution in [0.4, 0.5) is 11.4 Å². The van der Waals surface area contributed by atoms with Crippen LogP contribution in [0.2, 0.25) is 0 Å². The topological polar surface area (TPSA) is 49.6 Å². The number of nitrogen functional groups attached to an aromatic ring is 1. The SMILES string of the molecule is CC(C)CN(C)c1cc(C(=O)N(C)C)ccc1N. The fraction of sp³-hybridized carbons (Fsp3) is 0.500. The van der Waals surface area contributed by atoms with Crippen molar-refractivity contribution in [1.29, 1.82) is 0 Å². The van der Waals surface area contributed by atoms with Crippen LogP contribution in [0.25, 0.3) is 0 Å². The highest BCUT2D eigenvalue weighted by Gasteiger charge is 2.13. The highest BCUT2D eigenvalue weighted by Crippen LogP contribution is 2.24. The van der Waals surface area contributed by atoms with E-state index >= 15 is 0 Å². The van der Waals surface area contributed by atoms with Crippen LogP contribution in [0.5, 0.6) is 0 Å². The largest absolute Gasteiger partial charge is 0.397 e. The van der Waals surface area contributed by atoms with Crippen LogP contribution in [0.1, 0.15) is 24.2 Å². The van der Waals surface area contributed by atoms with Crippen LogP contribution >= 0.6 is 0 Å². The van der Waals surface area contributed by atoms with Gasteiger partial charge in [-0.25, -0.2) is 0 Å². The van der Waals surface area contributed by atoms with E-state index in [0.717, 1.165) is 12.2 Å². The fourth-order valence-electron chi connectivity index (χ4n) is 1.91. The Morgan fingerprint density at radius 2 is 1.89 bits per heavy atom. The van der Waals surface area contributed by atoms with Gasteiger partial charge in [0.2, 0.25) is 0 Å². The van der Waals surface area contributed by atoms with Gasteiger partial charge in [-0.1, -0.05) is 13.8 Å². The molecule has 0 heterocycles. The summed E-state index contributed by atoms with van der Waals surface area (Å²) in [5.41, 5.74) is 8.26. The molecule has 0 atom stereocenters. The molecular formula is C14H23N3O. The lowest BCUT2D eigenvalue weighted by atomic mass is 10.1. The van der Waals surface area contributed by atoms with E-state index < -0.39 is 0 Å². The number of benzene rings is 1. The van der Waals surface area contributed by atoms with E-state index in [0.29, 0.717) is 17.2 Å². The number of carbonyl (C=O) groups is 1. The van der Waals surface area contributed by atoms with Crippen LogP contribution < -0.4 is 10.6 Å². The number of rotatable bonds is 4. The van der Waals surface area contributed by atoms with Crippen molar-refractivity contribution in [3.8, 4) is 0 Å². The maximum Gasteiger partial charge on any atom is 0.253 e. The van der Waals surface area contributed by atoms with Crippen LogP contribution in [-0.2, 0) is 0 Å². The average molecular weight is 249 g/mol. The Morgan fingerprint density at radius 1 is 1.28 bits per heavy atom. The molecule has 4 heteroatoms. The molecule has 4 nitrogen and oxygen atoms in total. The smallest absolute Gasteiger partial charge is 0.253 e. The molecule has 0 saturated heterocycles. The quantitative estimate of drug-likeness (QED) is 0.831. The van der Waals surface area contributed by atoms with Crippen molar-refractivity contribution < 1.29 is 4.79 Å². The second kappa shape index (κ2) is 5.76. The van der Waals surface area contributed by atoms with E-state index in [1.54, 1.807) is 31.1 Å². The molecule has 1 amide bonds. The predicted octanol–water partition coefficient (Wildman–Crippen LogP) is 2.06. The van der Waals surface area contributed by atoms with Crippen LogP contribution in [0.3, 0.4) is 0 Å². The minimum Gasteiger partial charge on any atom is -0.397 e. The molecule has 0 aliphatic heterocycles. The molecular weight excluding hydrogens is 226 g/mol. The standard InChI is InChI=1S/C14H23N3O/c1-10(2)9-17(5)13-8-11(6-7-12(13)15)14(18)16(3)4/h6-8,10H,9,15H2,1-5H3. The molecule has 0 aliphatic rings. The van der Waals surface area contributed by atoms with Gasteiger partial charge in [0.15, 0.2) is 0 Å². The minimum absolute atomic E-state index is 0.00537. The molecule has 0 spiro atoms. The number of amides is 1. The summed E-state index contributed by atoms with van der Waals surface area (Å²) >= 11 is 0. The summed E-state index contributed by atoms with van der Waals surface area (Å²) in [4.78, 5) is 15.6. The number of anilines is 2. The van der Waals surface area contributed by atoms with Gasteiger partial charge in [-0.05, 0) is 24.1 Å². The maximum atomic E-state index is 11.9. The zero-order chi connectivity index (χ0) is 13.9. The maximum absolute atomic E-state index is 11.9. The van der Waals surface area contributed by atoms with E-state index in [2.05, 4.69) is 18.7 Å². The lowest BCUT2D eigenvalue weighted by Crippen LogP contribution is -2.25. The monoisotopic (exact) mass is 249 g/mol. The zero-order valence-corrected chi connectivity index (χ0v) is 11.9. The molecule has 0 fully saturated rings. The van der Waals surface area contributed by atoms with Gasteiger partial charge >= 0.3 is 0 Å². The number of nitrogens with zero attached hydrogens (tertiary/aromatic N) is 2. The van der Waals surface area contributed by atoms with Gasteiger partial charge < -0.3 is 15.5 Å². The molecule has 0 bridgehead atoms. The summed E-state index contributed by atoms with van der Waals surface area (Å²) in [5.74, 6) is 0.539. The van der Waals surface area contributed by atoms with Crippen molar-refractivity contribution in [2.45, 2.75) is 13.8 Å². The van der Waals surface area contributed by atoms with Gasteiger partial charge in [0.25, 0.3) is 5.91 Å². The van der Waals surface area contributed by atoms with Crippen LogP contribution in [0, 0.1) is 5.92 Å². The highest BCUT2D eigenvalue weighted by molar-refractivity contribution is 5.96.